The second-order valence-corrected chi connectivity index (χ2v) is 5.11. The van der Waals surface area contributed by atoms with E-state index >= 15 is 0 Å². The number of nitrogens with zero attached hydrogens (tertiary/aromatic N) is 3. The van der Waals surface area contributed by atoms with Crippen molar-refractivity contribution in [2.24, 2.45) is 5.92 Å². The van der Waals surface area contributed by atoms with Gasteiger partial charge in [0.15, 0.2) is 5.82 Å². The van der Waals surface area contributed by atoms with Crippen LogP contribution in [0.5, 0.6) is 0 Å². The van der Waals surface area contributed by atoms with Crippen LogP contribution in [-0.4, -0.2) is 39.2 Å². The second-order valence-electron chi connectivity index (χ2n) is 5.11. The van der Waals surface area contributed by atoms with Gasteiger partial charge in [0.05, 0.1) is 6.54 Å². The molecule has 19 heavy (non-hydrogen) atoms. The van der Waals surface area contributed by atoms with E-state index in [0.29, 0.717) is 11.8 Å². The summed E-state index contributed by atoms with van der Waals surface area (Å²) in [5.41, 5.74) is 0. The van der Waals surface area contributed by atoms with Crippen LogP contribution in [0.4, 0.5) is 0 Å². The number of hydrogen-bond donors (Lipinski definition) is 1. The number of carbonyl (C=O) groups is 1. The normalized spacial score (nSPS) is 17.7. The van der Waals surface area contributed by atoms with Crippen LogP contribution in [0.3, 0.4) is 0 Å². The van der Waals surface area contributed by atoms with Crippen molar-refractivity contribution in [2.45, 2.75) is 45.6 Å². The molecule has 0 saturated carbocycles. The molecule has 1 N–H and O–H groups in total. The highest BCUT2D eigenvalue weighted by Gasteiger charge is 2.21. The van der Waals surface area contributed by atoms with Crippen LogP contribution >= 0.6 is 0 Å². The van der Waals surface area contributed by atoms with Crippen molar-refractivity contribution in [2.75, 3.05) is 13.1 Å². The van der Waals surface area contributed by atoms with Gasteiger partial charge < -0.3 is 9.63 Å². The molecule has 0 bridgehead atoms. The molecule has 0 amide bonds. The van der Waals surface area contributed by atoms with Crippen LogP contribution in [0.2, 0.25) is 0 Å². The zero-order chi connectivity index (χ0) is 13.7. The first kappa shape index (κ1) is 14.0. The Morgan fingerprint density at radius 1 is 1.47 bits per heavy atom. The summed E-state index contributed by atoms with van der Waals surface area (Å²) in [4.78, 5) is 17.2. The monoisotopic (exact) mass is 267 g/mol. The van der Waals surface area contributed by atoms with Crippen LogP contribution in [-0.2, 0) is 17.8 Å². The number of rotatable bonds is 6. The van der Waals surface area contributed by atoms with Gasteiger partial charge >= 0.3 is 5.97 Å². The molecule has 1 aromatic rings. The summed E-state index contributed by atoms with van der Waals surface area (Å²) in [7, 11) is 0. The van der Waals surface area contributed by atoms with Crippen molar-refractivity contribution in [1.82, 2.24) is 15.0 Å². The van der Waals surface area contributed by atoms with Crippen LogP contribution in [0.1, 0.15) is 44.3 Å². The first-order valence-corrected chi connectivity index (χ1v) is 6.93. The van der Waals surface area contributed by atoms with Crippen molar-refractivity contribution >= 4 is 5.97 Å². The van der Waals surface area contributed by atoms with Gasteiger partial charge in [0.2, 0.25) is 5.89 Å². The molecular formula is C13H21N3O3. The number of aliphatic carboxylic acids is 1. The Morgan fingerprint density at radius 3 is 2.79 bits per heavy atom. The predicted octanol–water partition coefficient (Wildman–Crippen LogP) is 1.71. The lowest BCUT2D eigenvalue weighted by Crippen LogP contribution is -2.33. The highest BCUT2D eigenvalue weighted by molar-refractivity contribution is 5.66. The summed E-state index contributed by atoms with van der Waals surface area (Å²) in [5.74, 6) is 1.29. The number of hydrogen-bond acceptors (Lipinski definition) is 5. The molecule has 2 rings (SSSR count). The SMILES string of the molecule is CCc1nc(CN2CCC(CCC(=O)O)CC2)no1. The van der Waals surface area contributed by atoms with Crippen molar-refractivity contribution in [3.63, 3.8) is 0 Å². The summed E-state index contributed by atoms with van der Waals surface area (Å²) in [5, 5.41) is 12.6. The third-order valence-electron chi connectivity index (χ3n) is 3.65. The molecular weight excluding hydrogens is 246 g/mol. The number of aromatic nitrogens is 2. The van der Waals surface area contributed by atoms with Crippen LogP contribution < -0.4 is 0 Å². The Bertz CT molecular complexity index is 411. The molecule has 0 atom stereocenters. The number of aryl methyl sites for hydroxylation is 1. The highest BCUT2D eigenvalue weighted by atomic mass is 16.5. The fraction of sp³-hybridized carbons (Fsp3) is 0.769. The predicted molar refractivity (Wildman–Crippen MR) is 68.5 cm³/mol. The molecule has 1 aliphatic heterocycles. The Hall–Kier alpha value is -1.43. The molecule has 2 heterocycles. The molecule has 0 spiro atoms. The van der Waals surface area contributed by atoms with Gasteiger partial charge in [-0.3, -0.25) is 9.69 Å². The molecule has 6 nitrogen and oxygen atoms in total. The lowest BCUT2D eigenvalue weighted by atomic mass is 9.92. The van der Waals surface area contributed by atoms with Gasteiger partial charge in [-0.2, -0.15) is 4.98 Å². The zero-order valence-electron chi connectivity index (χ0n) is 11.3. The number of carboxylic acid groups (broad SMARTS) is 1. The van der Waals surface area contributed by atoms with E-state index in [2.05, 4.69) is 15.0 Å². The fourth-order valence-electron chi connectivity index (χ4n) is 2.46. The van der Waals surface area contributed by atoms with E-state index < -0.39 is 5.97 Å². The smallest absolute Gasteiger partial charge is 0.303 e. The van der Waals surface area contributed by atoms with Crippen LogP contribution in [0.25, 0.3) is 0 Å². The summed E-state index contributed by atoms with van der Waals surface area (Å²) in [6.45, 7) is 4.70. The third kappa shape index (κ3) is 4.31. The van der Waals surface area contributed by atoms with Gasteiger partial charge in [0.25, 0.3) is 0 Å². The topological polar surface area (TPSA) is 79.5 Å². The molecule has 0 radical (unpaired) electrons. The van der Waals surface area contributed by atoms with Gasteiger partial charge in [-0.15, -0.1) is 0 Å². The van der Waals surface area contributed by atoms with E-state index in [-0.39, 0.29) is 6.42 Å². The Morgan fingerprint density at radius 2 is 2.21 bits per heavy atom. The van der Waals surface area contributed by atoms with Crippen molar-refractivity contribution in [3.8, 4) is 0 Å². The summed E-state index contributed by atoms with van der Waals surface area (Å²) in [6.07, 6.45) is 3.97. The number of carboxylic acids is 1. The van der Waals surface area contributed by atoms with Crippen molar-refractivity contribution in [1.29, 1.82) is 0 Å². The van der Waals surface area contributed by atoms with E-state index in [1.807, 2.05) is 6.92 Å². The lowest BCUT2D eigenvalue weighted by molar-refractivity contribution is -0.137. The average molecular weight is 267 g/mol. The Balaban J connectivity index is 1.72. The quantitative estimate of drug-likeness (QED) is 0.845. The molecule has 0 aromatic carbocycles. The lowest BCUT2D eigenvalue weighted by Gasteiger charge is -2.30. The Kier molecular flexibility index (Phi) is 4.90. The minimum Gasteiger partial charge on any atom is -0.481 e. The van der Waals surface area contributed by atoms with Gasteiger partial charge in [-0.1, -0.05) is 12.1 Å². The summed E-state index contributed by atoms with van der Waals surface area (Å²) < 4.78 is 5.09. The maximum Gasteiger partial charge on any atom is 0.303 e. The summed E-state index contributed by atoms with van der Waals surface area (Å²) in [6, 6.07) is 0. The fourth-order valence-corrected chi connectivity index (χ4v) is 2.46. The third-order valence-corrected chi connectivity index (χ3v) is 3.65. The van der Waals surface area contributed by atoms with Crippen molar-refractivity contribution in [3.05, 3.63) is 11.7 Å². The van der Waals surface area contributed by atoms with Gasteiger partial charge in [0.1, 0.15) is 0 Å². The minimum absolute atomic E-state index is 0.287. The standard InChI is InChI=1S/C13H21N3O3/c1-2-12-14-11(15-19-12)9-16-7-5-10(6-8-16)3-4-13(17)18/h10H,2-9H2,1H3,(H,17,18). The highest BCUT2D eigenvalue weighted by Crippen LogP contribution is 2.22. The molecule has 1 aromatic heterocycles. The van der Waals surface area contributed by atoms with E-state index in [0.717, 1.165) is 51.1 Å². The average Bonchev–Trinajstić information content (AvgIpc) is 2.85. The second kappa shape index (κ2) is 6.65. The summed E-state index contributed by atoms with van der Waals surface area (Å²) >= 11 is 0. The molecule has 1 saturated heterocycles. The maximum atomic E-state index is 10.5. The first-order chi connectivity index (χ1) is 9.17. The molecule has 1 fully saturated rings. The molecule has 0 unspecified atom stereocenters. The van der Waals surface area contributed by atoms with Gasteiger partial charge in [0, 0.05) is 12.8 Å². The molecule has 1 aliphatic rings. The van der Waals surface area contributed by atoms with Crippen molar-refractivity contribution < 1.29 is 14.4 Å². The first-order valence-electron chi connectivity index (χ1n) is 6.93. The number of piperidine rings is 1. The van der Waals surface area contributed by atoms with Gasteiger partial charge in [-0.25, -0.2) is 0 Å². The Labute approximate surface area is 112 Å². The molecule has 106 valence electrons. The number of likely N-dealkylation sites (tertiary alicyclic amines) is 1. The molecule has 0 aliphatic carbocycles. The zero-order valence-corrected chi connectivity index (χ0v) is 11.3. The van der Waals surface area contributed by atoms with E-state index in [9.17, 15) is 4.79 Å². The van der Waals surface area contributed by atoms with Crippen LogP contribution in [0.15, 0.2) is 4.52 Å². The van der Waals surface area contributed by atoms with E-state index in [4.69, 9.17) is 9.63 Å². The van der Waals surface area contributed by atoms with E-state index in [1.165, 1.54) is 0 Å². The van der Waals surface area contributed by atoms with E-state index in [1.54, 1.807) is 0 Å². The largest absolute Gasteiger partial charge is 0.481 e. The minimum atomic E-state index is -0.693. The maximum absolute atomic E-state index is 10.5. The molecule has 6 heteroatoms. The van der Waals surface area contributed by atoms with Gasteiger partial charge in [-0.05, 0) is 38.3 Å². The van der Waals surface area contributed by atoms with Crippen LogP contribution in [0, 0.1) is 5.92 Å².